The average Bonchev–Trinajstić information content (AvgIpc) is 3.60. The van der Waals surface area contributed by atoms with Gasteiger partial charge in [-0.1, -0.05) is 35.3 Å². The van der Waals surface area contributed by atoms with Crippen LogP contribution in [0.5, 0.6) is 11.5 Å². The van der Waals surface area contributed by atoms with E-state index in [0.29, 0.717) is 41.9 Å². The first-order valence-corrected chi connectivity index (χ1v) is 13.4. The molecular formula is C29H25Cl2N5O3. The summed E-state index contributed by atoms with van der Waals surface area (Å²) in [4.78, 5) is 20.4. The second kappa shape index (κ2) is 11.0. The third kappa shape index (κ3) is 5.44. The Hall–Kier alpha value is -4.01. The molecule has 3 aromatic carbocycles. The SMILES string of the molecule is O=C(Oc1ccc(Cl)cc1)N1CCc2c([nH]c3ccc(Cl)cc23)C1c1ccc(OCCCn2nccn2)cc1. The van der Waals surface area contributed by atoms with Gasteiger partial charge in [-0.05, 0) is 72.1 Å². The van der Waals surface area contributed by atoms with E-state index in [9.17, 15) is 4.79 Å². The highest BCUT2D eigenvalue weighted by atomic mass is 35.5. The molecule has 8 nitrogen and oxygen atoms in total. The molecule has 6 rings (SSSR count). The fourth-order valence-electron chi connectivity index (χ4n) is 4.97. The van der Waals surface area contributed by atoms with Gasteiger partial charge >= 0.3 is 6.09 Å². The van der Waals surface area contributed by atoms with Gasteiger partial charge in [0.2, 0.25) is 0 Å². The third-order valence-corrected chi connectivity index (χ3v) is 7.26. The number of amides is 1. The number of benzene rings is 3. The Kier molecular flexibility index (Phi) is 7.13. The summed E-state index contributed by atoms with van der Waals surface area (Å²) in [6, 6.07) is 20.0. The number of aryl methyl sites for hydroxylation is 1. The zero-order valence-corrected chi connectivity index (χ0v) is 22.4. The van der Waals surface area contributed by atoms with E-state index in [1.165, 1.54) is 0 Å². The Balaban J connectivity index is 1.26. The van der Waals surface area contributed by atoms with Crippen molar-refractivity contribution in [1.29, 1.82) is 0 Å². The van der Waals surface area contributed by atoms with Gasteiger partial charge in [-0.25, -0.2) is 4.79 Å². The molecule has 0 aliphatic carbocycles. The monoisotopic (exact) mass is 561 g/mol. The standard InChI is InChI=1S/C29H25Cl2N5O3/c30-20-4-9-23(10-5-20)39-29(37)35-16-12-24-25-18-21(31)6-11-26(25)34-27(24)28(35)19-2-7-22(8-3-19)38-17-1-15-36-32-13-14-33-36/h2-11,13-14,18,28,34H,1,12,15-17H2. The number of hydrogen-bond acceptors (Lipinski definition) is 5. The van der Waals surface area contributed by atoms with Crippen molar-refractivity contribution in [3.05, 3.63) is 106 Å². The lowest BCUT2D eigenvalue weighted by Gasteiger charge is -2.35. The van der Waals surface area contributed by atoms with Crippen LogP contribution >= 0.6 is 23.2 Å². The number of halogens is 2. The molecule has 1 unspecified atom stereocenters. The lowest BCUT2D eigenvalue weighted by Crippen LogP contribution is -2.42. The molecule has 0 bridgehead atoms. The maximum absolute atomic E-state index is 13.5. The molecule has 39 heavy (non-hydrogen) atoms. The van der Waals surface area contributed by atoms with Gasteiger partial charge in [0.15, 0.2) is 0 Å². The van der Waals surface area contributed by atoms with Gasteiger partial charge in [0.25, 0.3) is 0 Å². The summed E-state index contributed by atoms with van der Waals surface area (Å²) < 4.78 is 11.7. The van der Waals surface area contributed by atoms with Crippen LogP contribution in [0.1, 0.15) is 29.3 Å². The maximum Gasteiger partial charge on any atom is 0.416 e. The molecule has 2 aromatic heterocycles. The first-order chi connectivity index (χ1) is 19.0. The van der Waals surface area contributed by atoms with Gasteiger partial charge in [-0.2, -0.15) is 15.0 Å². The lowest BCUT2D eigenvalue weighted by molar-refractivity contribution is 0.135. The van der Waals surface area contributed by atoms with Crippen LogP contribution in [0.15, 0.2) is 79.1 Å². The number of aromatic amines is 1. The quantitative estimate of drug-likeness (QED) is 0.224. The lowest BCUT2D eigenvalue weighted by atomic mass is 9.92. The molecule has 1 aliphatic rings. The summed E-state index contributed by atoms with van der Waals surface area (Å²) in [7, 11) is 0. The van der Waals surface area contributed by atoms with Crippen LogP contribution < -0.4 is 9.47 Å². The molecule has 0 saturated carbocycles. The zero-order valence-electron chi connectivity index (χ0n) is 20.9. The van der Waals surface area contributed by atoms with E-state index in [4.69, 9.17) is 32.7 Å². The third-order valence-electron chi connectivity index (χ3n) is 6.78. The summed E-state index contributed by atoms with van der Waals surface area (Å²) >= 11 is 12.3. The van der Waals surface area contributed by atoms with E-state index in [1.54, 1.807) is 46.4 Å². The van der Waals surface area contributed by atoms with E-state index in [2.05, 4.69) is 15.2 Å². The van der Waals surface area contributed by atoms with Gasteiger partial charge in [0, 0.05) is 39.6 Å². The van der Waals surface area contributed by atoms with Crippen LogP contribution in [-0.2, 0) is 13.0 Å². The number of carbonyl (C=O) groups is 1. The minimum absolute atomic E-state index is 0.375. The molecule has 1 atom stereocenters. The van der Waals surface area contributed by atoms with Crippen LogP contribution in [0.25, 0.3) is 10.9 Å². The topological polar surface area (TPSA) is 85.3 Å². The smallest absolute Gasteiger partial charge is 0.416 e. The molecule has 0 fully saturated rings. The van der Waals surface area contributed by atoms with Gasteiger partial charge < -0.3 is 14.5 Å². The van der Waals surface area contributed by atoms with Crippen LogP contribution in [0.4, 0.5) is 4.79 Å². The highest BCUT2D eigenvalue weighted by molar-refractivity contribution is 6.31. The summed E-state index contributed by atoms with van der Waals surface area (Å²) in [5.74, 6) is 1.19. The Morgan fingerprint density at radius 1 is 0.949 bits per heavy atom. The Bertz CT molecular complexity index is 1580. The number of carbonyl (C=O) groups excluding carboxylic acids is 1. The number of aromatic nitrogens is 4. The van der Waals surface area contributed by atoms with Crippen LogP contribution in [0, 0.1) is 0 Å². The number of H-pyrrole nitrogens is 1. The molecule has 198 valence electrons. The number of nitrogens with one attached hydrogen (secondary N) is 1. The number of fused-ring (bicyclic) bond motifs is 3. The molecule has 0 radical (unpaired) electrons. The molecule has 3 heterocycles. The predicted molar refractivity (Wildman–Crippen MR) is 150 cm³/mol. The number of ether oxygens (including phenoxy) is 2. The van der Waals surface area contributed by atoms with E-state index < -0.39 is 6.09 Å². The highest BCUT2D eigenvalue weighted by Gasteiger charge is 2.35. The largest absolute Gasteiger partial charge is 0.494 e. The molecule has 5 aromatic rings. The molecule has 10 heteroatoms. The number of nitrogens with zero attached hydrogens (tertiary/aromatic N) is 4. The summed E-state index contributed by atoms with van der Waals surface area (Å²) in [6.45, 7) is 1.71. The number of hydrogen-bond donors (Lipinski definition) is 1. The molecule has 0 saturated heterocycles. The van der Waals surface area contributed by atoms with Crippen LogP contribution in [0.2, 0.25) is 10.0 Å². The second-order valence-corrected chi connectivity index (χ2v) is 10.1. The summed E-state index contributed by atoms with van der Waals surface area (Å²) in [5.41, 5.74) is 4.02. The van der Waals surface area contributed by atoms with Gasteiger partial charge in [-0.15, -0.1) is 0 Å². The van der Waals surface area contributed by atoms with Crippen molar-refractivity contribution in [2.75, 3.05) is 13.2 Å². The fourth-order valence-corrected chi connectivity index (χ4v) is 5.27. The first kappa shape index (κ1) is 25.3. The Labute approximate surface area is 235 Å². The average molecular weight is 562 g/mol. The van der Waals surface area contributed by atoms with Crippen molar-refractivity contribution in [3.63, 3.8) is 0 Å². The van der Waals surface area contributed by atoms with Crippen molar-refractivity contribution in [1.82, 2.24) is 24.9 Å². The minimum atomic E-state index is -0.433. The normalized spacial score (nSPS) is 14.8. The number of rotatable bonds is 7. The molecule has 0 spiro atoms. The van der Waals surface area contributed by atoms with Gasteiger partial charge in [0.1, 0.15) is 17.5 Å². The van der Waals surface area contributed by atoms with Crippen molar-refractivity contribution < 1.29 is 14.3 Å². The predicted octanol–water partition coefficient (Wildman–Crippen LogP) is 6.68. The van der Waals surface area contributed by atoms with Gasteiger partial charge in [0.05, 0.1) is 25.5 Å². The van der Waals surface area contributed by atoms with E-state index in [-0.39, 0.29) is 6.04 Å². The van der Waals surface area contributed by atoms with Crippen molar-refractivity contribution >= 4 is 40.2 Å². The Morgan fingerprint density at radius 2 is 1.67 bits per heavy atom. The summed E-state index contributed by atoms with van der Waals surface area (Å²) in [6.07, 6.45) is 4.34. The van der Waals surface area contributed by atoms with E-state index in [0.717, 1.165) is 39.9 Å². The molecular weight excluding hydrogens is 537 g/mol. The highest BCUT2D eigenvalue weighted by Crippen LogP contribution is 2.40. The van der Waals surface area contributed by atoms with Crippen molar-refractivity contribution in [2.24, 2.45) is 0 Å². The van der Waals surface area contributed by atoms with Gasteiger partial charge in [-0.3, -0.25) is 4.90 Å². The molecule has 1 N–H and O–H groups in total. The Morgan fingerprint density at radius 3 is 2.44 bits per heavy atom. The van der Waals surface area contributed by atoms with Crippen LogP contribution in [-0.4, -0.2) is 44.1 Å². The zero-order chi connectivity index (χ0) is 26.8. The van der Waals surface area contributed by atoms with E-state index in [1.807, 2.05) is 42.5 Å². The minimum Gasteiger partial charge on any atom is -0.494 e. The molecule has 1 amide bonds. The first-order valence-electron chi connectivity index (χ1n) is 12.7. The maximum atomic E-state index is 13.5. The van der Waals surface area contributed by atoms with Crippen molar-refractivity contribution in [2.45, 2.75) is 25.4 Å². The summed E-state index contributed by atoms with van der Waals surface area (Å²) in [5, 5.41) is 10.5. The van der Waals surface area contributed by atoms with Crippen LogP contribution in [0.3, 0.4) is 0 Å². The van der Waals surface area contributed by atoms with Crippen molar-refractivity contribution in [3.8, 4) is 11.5 Å². The second-order valence-electron chi connectivity index (χ2n) is 9.27. The fraction of sp³-hybridized carbons (Fsp3) is 0.207. The van der Waals surface area contributed by atoms with E-state index >= 15 is 0 Å². The molecule has 1 aliphatic heterocycles.